The zero-order chi connectivity index (χ0) is 9.07. The number of rotatable bonds is 2. The predicted molar refractivity (Wildman–Crippen MR) is 32.8 cm³/mol. The number of nitrogens with zero attached hydrogens (tertiary/aromatic N) is 1. The average molecular weight is 170 g/mol. The molecule has 1 N–H and O–H groups in total. The fourth-order valence-corrected chi connectivity index (χ4v) is 0.384. The quantitative estimate of drug-likeness (QED) is 0.373. The topological polar surface area (TPSA) is 36.2 Å². The molecule has 0 aromatic heterocycles. The molecular formula is C5H6F4N2. The first kappa shape index (κ1) is 10.1. The molecule has 0 aliphatic rings. The van der Waals surface area contributed by atoms with E-state index >= 15 is 0 Å². The maximum absolute atomic E-state index is 11.9. The normalized spacial score (nSPS) is 16.3. The molecule has 0 saturated carbocycles. The van der Waals surface area contributed by atoms with Gasteiger partial charge < -0.3 is 5.41 Å². The smallest absolute Gasteiger partial charge is 0.307 e. The molecule has 6 heteroatoms. The highest BCUT2D eigenvalue weighted by atomic mass is 19.4. The van der Waals surface area contributed by atoms with Gasteiger partial charge in [-0.2, -0.15) is 13.2 Å². The van der Waals surface area contributed by atoms with Gasteiger partial charge in [-0.1, -0.05) is 0 Å². The monoisotopic (exact) mass is 170 g/mol. The highest BCUT2D eigenvalue weighted by Crippen LogP contribution is 2.16. The number of aliphatic imine (C=N–C) groups is 1. The van der Waals surface area contributed by atoms with Crippen molar-refractivity contribution in [2.45, 2.75) is 19.4 Å². The minimum absolute atomic E-state index is 0.0178. The van der Waals surface area contributed by atoms with E-state index < -0.39 is 18.2 Å². The van der Waals surface area contributed by atoms with Gasteiger partial charge in [-0.3, -0.25) is 0 Å². The van der Waals surface area contributed by atoms with Crippen molar-refractivity contribution < 1.29 is 17.6 Å². The Balaban J connectivity index is 4.54. The van der Waals surface area contributed by atoms with Crippen LogP contribution in [0.25, 0.3) is 0 Å². The lowest BCUT2D eigenvalue weighted by atomic mass is 10.4. The van der Waals surface area contributed by atoms with E-state index in [1.165, 1.54) is 0 Å². The van der Waals surface area contributed by atoms with E-state index in [2.05, 4.69) is 4.99 Å². The third kappa shape index (κ3) is 3.69. The lowest BCUT2D eigenvalue weighted by Gasteiger charge is -2.04. The number of hydrogen-bond donors (Lipinski definition) is 1. The summed E-state index contributed by atoms with van der Waals surface area (Å²) in [5.41, 5.74) is -1.51. The third-order valence-corrected chi connectivity index (χ3v) is 0.744. The summed E-state index contributed by atoms with van der Waals surface area (Å²) in [6.07, 6.45) is -6.69. The Labute approximate surface area is 60.4 Å². The summed E-state index contributed by atoms with van der Waals surface area (Å²) in [6, 6.07) is 0. The summed E-state index contributed by atoms with van der Waals surface area (Å²) in [4.78, 5) is 2.55. The van der Waals surface area contributed by atoms with Crippen LogP contribution in [0.15, 0.2) is 4.99 Å². The van der Waals surface area contributed by atoms with Crippen molar-refractivity contribution in [2.75, 3.05) is 0 Å². The van der Waals surface area contributed by atoms with Crippen LogP contribution in [0.3, 0.4) is 0 Å². The van der Waals surface area contributed by atoms with Gasteiger partial charge in [0.1, 0.15) is 0 Å². The number of halogens is 4. The summed E-state index contributed by atoms with van der Waals surface area (Å²) in [5.74, 6) is 0. The molecule has 0 aromatic rings. The van der Waals surface area contributed by atoms with Crippen LogP contribution in [0, 0.1) is 5.41 Å². The minimum atomic E-state index is -4.73. The van der Waals surface area contributed by atoms with Crippen molar-refractivity contribution in [3.8, 4) is 0 Å². The lowest BCUT2D eigenvalue weighted by Crippen LogP contribution is -2.25. The highest BCUT2D eigenvalue weighted by Gasteiger charge is 2.34. The van der Waals surface area contributed by atoms with Crippen molar-refractivity contribution in [1.29, 1.82) is 5.41 Å². The fourth-order valence-electron chi connectivity index (χ4n) is 0.384. The van der Waals surface area contributed by atoms with Gasteiger partial charge in [-0.25, -0.2) is 9.38 Å². The first-order valence-electron chi connectivity index (χ1n) is 2.67. The molecule has 64 valence electrons. The first-order chi connectivity index (χ1) is 4.88. The zero-order valence-electron chi connectivity index (χ0n) is 5.61. The van der Waals surface area contributed by atoms with Gasteiger partial charge in [0, 0.05) is 6.21 Å². The molecule has 2 nitrogen and oxygen atoms in total. The van der Waals surface area contributed by atoms with Crippen molar-refractivity contribution in [1.82, 2.24) is 0 Å². The maximum Gasteiger partial charge on any atom is 0.434 e. The van der Waals surface area contributed by atoms with Gasteiger partial charge in [0.2, 0.25) is 0 Å². The van der Waals surface area contributed by atoms with Crippen LogP contribution in [0.2, 0.25) is 0 Å². The van der Waals surface area contributed by atoms with Crippen molar-refractivity contribution in [3.05, 3.63) is 0 Å². The Bertz CT molecular complexity index is 170. The summed E-state index contributed by atoms with van der Waals surface area (Å²) in [6.45, 7) is 0.856. The molecule has 0 aliphatic heterocycles. The van der Waals surface area contributed by atoms with E-state index in [1.54, 1.807) is 0 Å². The van der Waals surface area contributed by atoms with Crippen molar-refractivity contribution in [3.63, 3.8) is 0 Å². The van der Waals surface area contributed by atoms with Crippen LogP contribution in [0.4, 0.5) is 17.6 Å². The molecule has 0 aliphatic carbocycles. The standard InChI is InChI=1S/C5H6F4N2/c1-3(6)11-4(2-10)5(7,8)9/h2-3,10H,1H3. The second-order valence-electron chi connectivity index (χ2n) is 1.73. The van der Waals surface area contributed by atoms with E-state index in [0.717, 1.165) is 6.92 Å². The molecule has 0 spiro atoms. The Morgan fingerprint density at radius 3 is 2.09 bits per heavy atom. The molecule has 0 amide bonds. The molecule has 0 heterocycles. The maximum atomic E-state index is 11.9. The molecule has 0 saturated heterocycles. The Kier molecular flexibility index (Phi) is 3.16. The van der Waals surface area contributed by atoms with Crippen LogP contribution in [0.1, 0.15) is 6.92 Å². The zero-order valence-corrected chi connectivity index (χ0v) is 5.61. The Morgan fingerprint density at radius 1 is 1.55 bits per heavy atom. The molecular weight excluding hydrogens is 164 g/mol. The van der Waals surface area contributed by atoms with E-state index in [4.69, 9.17) is 5.41 Å². The fraction of sp³-hybridized carbons (Fsp3) is 0.600. The molecule has 11 heavy (non-hydrogen) atoms. The van der Waals surface area contributed by atoms with Gasteiger partial charge in [0.05, 0.1) is 0 Å². The van der Waals surface area contributed by atoms with Gasteiger partial charge in [0.25, 0.3) is 0 Å². The lowest BCUT2D eigenvalue weighted by molar-refractivity contribution is -0.0571. The number of nitrogens with one attached hydrogen (secondary N) is 1. The van der Waals surface area contributed by atoms with E-state index in [0.29, 0.717) is 0 Å². The Hall–Kier alpha value is -0.940. The van der Waals surface area contributed by atoms with Crippen LogP contribution < -0.4 is 0 Å². The number of hydrogen-bond acceptors (Lipinski definition) is 2. The highest BCUT2D eigenvalue weighted by molar-refractivity contribution is 6.32. The summed E-state index contributed by atoms with van der Waals surface area (Å²) < 4.78 is 46.8. The van der Waals surface area contributed by atoms with E-state index in [1.807, 2.05) is 0 Å². The minimum Gasteiger partial charge on any atom is -0.307 e. The SMILES string of the molecule is CC(F)N=C(C=N)C(F)(F)F. The molecule has 1 atom stereocenters. The average Bonchev–Trinajstić information content (AvgIpc) is 1.79. The van der Waals surface area contributed by atoms with Crippen LogP contribution in [0.5, 0.6) is 0 Å². The molecule has 0 radical (unpaired) electrons. The van der Waals surface area contributed by atoms with Gasteiger partial charge in [-0.05, 0) is 6.92 Å². The second-order valence-corrected chi connectivity index (χ2v) is 1.73. The molecule has 0 bridgehead atoms. The largest absolute Gasteiger partial charge is 0.434 e. The second kappa shape index (κ2) is 3.45. The van der Waals surface area contributed by atoms with Crippen molar-refractivity contribution >= 4 is 11.9 Å². The van der Waals surface area contributed by atoms with Gasteiger partial charge >= 0.3 is 6.18 Å². The van der Waals surface area contributed by atoms with E-state index in [9.17, 15) is 17.6 Å². The van der Waals surface area contributed by atoms with Gasteiger partial charge in [0.15, 0.2) is 12.0 Å². The molecule has 0 fully saturated rings. The summed E-state index contributed by atoms with van der Waals surface area (Å²) in [5, 5.41) is 6.27. The molecule has 1 unspecified atom stereocenters. The van der Waals surface area contributed by atoms with Crippen molar-refractivity contribution in [2.24, 2.45) is 4.99 Å². The summed E-state index contributed by atoms with van der Waals surface area (Å²) in [7, 11) is 0. The summed E-state index contributed by atoms with van der Waals surface area (Å²) >= 11 is 0. The molecule has 0 aromatic carbocycles. The van der Waals surface area contributed by atoms with Crippen LogP contribution >= 0.6 is 0 Å². The number of alkyl halides is 4. The van der Waals surface area contributed by atoms with Crippen LogP contribution in [-0.4, -0.2) is 24.4 Å². The van der Waals surface area contributed by atoms with E-state index in [-0.39, 0.29) is 6.21 Å². The van der Waals surface area contributed by atoms with Gasteiger partial charge in [-0.15, -0.1) is 0 Å². The first-order valence-corrected chi connectivity index (χ1v) is 2.67. The Morgan fingerprint density at radius 2 is 2.00 bits per heavy atom. The van der Waals surface area contributed by atoms with Crippen LogP contribution in [-0.2, 0) is 0 Å². The molecule has 0 rings (SSSR count). The predicted octanol–water partition coefficient (Wildman–Crippen LogP) is 1.95. The third-order valence-electron chi connectivity index (χ3n) is 0.744.